The van der Waals surface area contributed by atoms with Gasteiger partial charge in [-0.3, -0.25) is 0 Å². The highest BCUT2D eigenvalue weighted by Crippen LogP contribution is 2.19. The van der Waals surface area contributed by atoms with E-state index in [-0.39, 0.29) is 0 Å². The molecule has 0 atom stereocenters. The molecule has 1 aromatic rings. The lowest BCUT2D eigenvalue weighted by molar-refractivity contribution is 0.556. The third-order valence-electron chi connectivity index (χ3n) is 3.66. The third-order valence-corrected chi connectivity index (χ3v) is 3.66. The predicted octanol–water partition coefficient (Wildman–Crippen LogP) is 8.39. The van der Waals surface area contributed by atoms with Crippen molar-refractivity contribution in [1.29, 1.82) is 0 Å². The summed E-state index contributed by atoms with van der Waals surface area (Å²) < 4.78 is 0. The Kier molecular flexibility index (Phi) is 18.5. The smallest absolute Gasteiger partial charge is 0.0704 e. The van der Waals surface area contributed by atoms with Gasteiger partial charge in [0.25, 0.3) is 0 Å². The fraction of sp³-hybridized carbons (Fsp3) is 0.667. The van der Waals surface area contributed by atoms with Crippen molar-refractivity contribution < 1.29 is 0 Å². The predicted molar refractivity (Wildman–Crippen MR) is 101 cm³/mol. The highest BCUT2D eigenvalue weighted by molar-refractivity contribution is 7.90. The second-order valence-electron chi connectivity index (χ2n) is 5.48. The largest absolute Gasteiger partial charge is 0.141 e. The van der Waals surface area contributed by atoms with Crippen LogP contribution >= 0.6 is 29.8 Å². The Morgan fingerprint density at radius 2 is 1.14 bits per heavy atom. The number of halogens is 2. The van der Waals surface area contributed by atoms with Crippen LogP contribution in [0, 0.1) is 0 Å². The van der Waals surface area contributed by atoms with Gasteiger partial charge in [0.05, 0.1) is 0 Å². The van der Waals surface area contributed by atoms with Gasteiger partial charge in [-0.25, -0.2) is 0 Å². The molecule has 0 spiro atoms. The molecule has 0 aromatic heterocycles. The van der Waals surface area contributed by atoms with Crippen molar-refractivity contribution in [2.24, 2.45) is 0 Å². The van der Waals surface area contributed by atoms with Gasteiger partial charge in [-0.15, -0.1) is 0 Å². The van der Waals surface area contributed by atoms with Crippen molar-refractivity contribution in [3.8, 4) is 0 Å². The van der Waals surface area contributed by atoms with Crippen LogP contribution in [0.15, 0.2) is 30.3 Å². The monoisotopic (exact) mass is 347 g/mol. The number of benzene rings is 1. The van der Waals surface area contributed by atoms with Gasteiger partial charge in [-0.2, -0.15) is 0 Å². The molecule has 0 aliphatic rings. The van der Waals surface area contributed by atoms with Gasteiger partial charge in [-0.1, -0.05) is 118 Å². The van der Waals surface area contributed by atoms with E-state index in [0.717, 1.165) is 0 Å². The standard InChI is InChI=1S/C18H30.Cl2P/c1-2-3-4-5-6-7-8-9-10-12-15-18-16-13-11-14-17-18;1-3-2/h11,13-14,16-17H,2-10,12,15H2,1H3;. The lowest BCUT2D eigenvalue weighted by Crippen LogP contribution is -1.86. The van der Waals surface area contributed by atoms with E-state index >= 15 is 0 Å². The minimum Gasteiger partial charge on any atom is -0.0704 e. The van der Waals surface area contributed by atoms with Crippen LogP contribution in [0.25, 0.3) is 0 Å². The Hall–Kier alpha value is 0.230. The molecule has 121 valence electrons. The highest BCUT2D eigenvalue weighted by atomic mass is 35.9. The van der Waals surface area contributed by atoms with Gasteiger partial charge in [0.1, 0.15) is 7.29 Å². The van der Waals surface area contributed by atoms with Crippen LogP contribution in [0.1, 0.15) is 76.7 Å². The average molecular weight is 348 g/mol. The van der Waals surface area contributed by atoms with Crippen molar-refractivity contribution in [3.63, 3.8) is 0 Å². The first-order valence-electron chi connectivity index (χ1n) is 8.31. The van der Waals surface area contributed by atoms with Crippen LogP contribution in [-0.4, -0.2) is 0 Å². The molecule has 0 N–H and O–H groups in total. The van der Waals surface area contributed by atoms with E-state index in [2.05, 4.69) is 37.3 Å². The molecule has 0 saturated heterocycles. The summed E-state index contributed by atoms with van der Waals surface area (Å²) in [4.78, 5) is 0. The first-order chi connectivity index (χ1) is 10.3. The molecular formula is C18H30Cl2P. The van der Waals surface area contributed by atoms with Gasteiger partial charge >= 0.3 is 0 Å². The molecule has 0 heterocycles. The summed E-state index contributed by atoms with van der Waals surface area (Å²) in [5.74, 6) is 0. The van der Waals surface area contributed by atoms with Gasteiger partial charge in [0.15, 0.2) is 0 Å². The summed E-state index contributed by atoms with van der Waals surface area (Å²) in [6, 6.07) is 10.9. The molecule has 1 rings (SSSR count). The van der Waals surface area contributed by atoms with Crippen molar-refractivity contribution in [3.05, 3.63) is 35.9 Å². The van der Waals surface area contributed by atoms with E-state index in [4.69, 9.17) is 22.5 Å². The molecule has 0 fully saturated rings. The third kappa shape index (κ3) is 16.4. The molecule has 21 heavy (non-hydrogen) atoms. The highest BCUT2D eigenvalue weighted by Gasteiger charge is 1.94. The average Bonchev–Trinajstić information content (AvgIpc) is 2.51. The molecule has 0 unspecified atom stereocenters. The Morgan fingerprint density at radius 1 is 0.714 bits per heavy atom. The van der Waals surface area contributed by atoms with Crippen molar-refractivity contribution in [2.75, 3.05) is 0 Å². The molecule has 0 nitrogen and oxygen atoms in total. The number of unbranched alkanes of at least 4 members (excludes halogenated alkanes) is 9. The number of aryl methyl sites for hydroxylation is 1. The molecule has 0 aliphatic carbocycles. The maximum Gasteiger partial charge on any atom is 0.141 e. The molecule has 3 heteroatoms. The summed E-state index contributed by atoms with van der Waals surface area (Å²) in [6.07, 6.45) is 15.5. The molecule has 0 bridgehead atoms. The fourth-order valence-corrected chi connectivity index (χ4v) is 2.46. The Morgan fingerprint density at radius 3 is 1.62 bits per heavy atom. The normalized spacial score (nSPS) is 10.0. The van der Waals surface area contributed by atoms with Gasteiger partial charge in [0, 0.05) is 0 Å². The molecule has 0 aliphatic heterocycles. The first kappa shape index (κ1) is 21.2. The minimum absolute atomic E-state index is 0.361. The van der Waals surface area contributed by atoms with Crippen LogP contribution in [0.2, 0.25) is 0 Å². The first-order valence-corrected chi connectivity index (χ1v) is 11.0. The summed E-state index contributed by atoms with van der Waals surface area (Å²) in [7, 11) is 0.361. The summed E-state index contributed by atoms with van der Waals surface area (Å²) in [6.45, 7) is 2.28. The lowest BCUT2D eigenvalue weighted by atomic mass is 10.0. The SMILES string of the molecule is CCCCCCCCCCCCc1ccccc1.Cl[P]Cl. The summed E-state index contributed by atoms with van der Waals surface area (Å²) in [5, 5.41) is 0. The van der Waals surface area contributed by atoms with E-state index in [1.165, 1.54) is 76.2 Å². The quantitative estimate of drug-likeness (QED) is 0.278. The molecule has 1 aromatic carbocycles. The van der Waals surface area contributed by atoms with Crippen LogP contribution in [0.3, 0.4) is 0 Å². The van der Waals surface area contributed by atoms with Crippen LogP contribution in [0.4, 0.5) is 0 Å². The van der Waals surface area contributed by atoms with Crippen molar-refractivity contribution in [2.45, 2.75) is 77.6 Å². The zero-order chi connectivity index (χ0) is 15.6. The zero-order valence-corrected chi connectivity index (χ0v) is 15.8. The molecular weight excluding hydrogens is 318 g/mol. The Balaban J connectivity index is 0.00000122. The maximum absolute atomic E-state index is 4.74. The Bertz CT molecular complexity index is 291. The van der Waals surface area contributed by atoms with E-state index in [1.807, 2.05) is 0 Å². The van der Waals surface area contributed by atoms with E-state index in [1.54, 1.807) is 0 Å². The molecule has 0 saturated carbocycles. The second kappa shape index (κ2) is 18.3. The van der Waals surface area contributed by atoms with Gasteiger partial charge in [-0.05, 0) is 18.4 Å². The number of rotatable bonds is 11. The van der Waals surface area contributed by atoms with E-state index < -0.39 is 0 Å². The zero-order valence-electron chi connectivity index (χ0n) is 13.4. The van der Waals surface area contributed by atoms with Crippen molar-refractivity contribution in [1.82, 2.24) is 0 Å². The van der Waals surface area contributed by atoms with Crippen LogP contribution in [-0.2, 0) is 6.42 Å². The molecule has 0 amide bonds. The summed E-state index contributed by atoms with van der Waals surface area (Å²) in [5.41, 5.74) is 1.50. The number of hydrogen-bond donors (Lipinski definition) is 0. The fourth-order valence-electron chi connectivity index (χ4n) is 2.46. The van der Waals surface area contributed by atoms with E-state index in [0.29, 0.717) is 7.29 Å². The van der Waals surface area contributed by atoms with Crippen LogP contribution < -0.4 is 0 Å². The summed E-state index contributed by atoms with van der Waals surface area (Å²) >= 11 is 9.47. The topological polar surface area (TPSA) is 0 Å². The minimum atomic E-state index is 0.361. The lowest BCUT2D eigenvalue weighted by Gasteiger charge is -2.03. The molecule has 1 radical (unpaired) electrons. The maximum atomic E-state index is 4.74. The van der Waals surface area contributed by atoms with E-state index in [9.17, 15) is 0 Å². The van der Waals surface area contributed by atoms with Gasteiger partial charge < -0.3 is 0 Å². The second-order valence-corrected chi connectivity index (χ2v) is 7.14. The Labute approximate surface area is 143 Å². The number of hydrogen-bond acceptors (Lipinski definition) is 0. The van der Waals surface area contributed by atoms with Gasteiger partial charge in [0.2, 0.25) is 0 Å². The van der Waals surface area contributed by atoms with Crippen molar-refractivity contribution >= 4 is 29.8 Å². The van der Waals surface area contributed by atoms with Crippen LogP contribution in [0.5, 0.6) is 0 Å².